The number of rotatable bonds is 8. The zero-order valence-electron chi connectivity index (χ0n) is 21.9. The van der Waals surface area contributed by atoms with Crippen molar-refractivity contribution < 1.29 is 14.3 Å². The normalized spacial score (nSPS) is 15.7. The Labute approximate surface area is 238 Å². The lowest BCUT2D eigenvalue weighted by Crippen LogP contribution is -2.34. The Morgan fingerprint density at radius 1 is 1.33 bits per heavy atom. The number of hydrazone groups is 1. The summed E-state index contributed by atoms with van der Waals surface area (Å²) < 4.78 is 13.6. The molecule has 8 nitrogen and oxygen atoms in total. The number of carbonyl (C=O) groups is 1. The van der Waals surface area contributed by atoms with E-state index in [4.69, 9.17) is 9.47 Å². The lowest BCUT2D eigenvalue weighted by molar-refractivity contribution is -0.123. The molecule has 0 unspecified atom stereocenters. The number of halogens is 1. The number of fused-ring (bicyclic) bond motifs is 3. The van der Waals surface area contributed by atoms with Crippen molar-refractivity contribution in [2.24, 2.45) is 11.0 Å². The fraction of sp³-hybridized carbons (Fsp3) is 0.310. The molecule has 1 aliphatic carbocycles. The lowest BCUT2D eigenvalue weighted by Gasteiger charge is -2.18. The van der Waals surface area contributed by atoms with Gasteiger partial charge in [0.25, 0.3) is 11.5 Å². The molecule has 2 aromatic carbocycles. The van der Waals surface area contributed by atoms with Gasteiger partial charge in [0, 0.05) is 4.88 Å². The molecule has 1 N–H and O–H groups in total. The first-order valence-corrected chi connectivity index (χ1v) is 14.3. The minimum absolute atomic E-state index is 0.182. The van der Waals surface area contributed by atoms with Crippen molar-refractivity contribution in [1.82, 2.24) is 15.0 Å². The molecule has 0 spiro atoms. The van der Waals surface area contributed by atoms with Crippen molar-refractivity contribution in [3.05, 3.63) is 85.2 Å². The molecule has 2 atom stereocenters. The topological polar surface area (TPSA) is 94.8 Å². The third-order valence-corrected chi connectivity index (χ3v) is 8.66. The predicted octanol–water partition coefficient (Wildman–Crippen LogP) is 5.64. The van der Waals surface area contributed by atoms with Crippen molar-refractivity contribution in [2.75, 3.05) is 7.11 Å². The predicted molar refractivity (Wildman–Crippen MR) is 157 cm³/mol. The molecule has 0 aliphatic heterocycles. The molecule has 0 fully saturated rings. The summed E-state index contributed by atoms with van der Waals surface area (Å²) in [7, 11) is 1.56. The van der Waals surface area contributed by atoms with Gasteiger partial charge in [-0.2, -0.15) is 5.10 Å². The van der Waals surface area contributed by atoms with E-state index in [9.17, 15) is 9.59 Å². The van der Waals surface area contributed by atoms with Crippen LogP contribution in [0.5, 0.6) is 11.5 Å². The van der Waals surface area contributed by atoms with Gasteiger partial charge < -0.3 is 9.47 Å². The number of thiophene rings is 1. The Kier molecular flexibility index (Phi) is 8.13. The van der Waals surface area contributed by atoms with Crippen LogP contribution in [0.4, 0.5) is 0 Å². The van der Waals surface area contributed by atoms with Crippen LogP contribution < -0.4 is 20.5 Å². The Morgan fingerprint density at radius 3 is 2.90 bits per heavy atom. The molecular formula is C29H29BrN4O4S. The molecular weight excluding hydrogens is 580 g/mol. The first-order chi connectivity index (χ1) is 18.9. The van der Waals surface area contributed by atoms with Crippen LogP contribution in [-0.2, 0) is 24.2 Å². The van der Waals surface area contributed by atoms with E-state index in [1.807, 2.05) is 36.4 Å². The SMILES string of the molecule is COc1cc(/C=N\NC(=O)[C@@H](C)n2cnc3sc4c(c3c2=O)CC[C@H](C)C4)cc(Br)c1OCc1ccccc1. The second kappa shape index (κ2) is 11.7. The smallest absolute Gasteiger partial charge is 0.263 e. The Bertz CT molecular complexity index is 1600. The van der Waals surface area contributed by atoms with E-state index in [-0.39, 0.29) is 5.56 Å². The van der Waals surface area contributed by atoms with Crippen molar-refractivity contribution in [3.63, 3.8) is 0 Å². The van der Waals surface area contributed by atoms with Gasteiger partial charge in [0.15, 0.2) is 11.5 Å². The molecule has 0 bridgehead atoms. The average molecular weight is 610 g/mol. The summed E-state index contributed by atoms with van der Waals surface area (Å²) in [6.45, 7) is 4.29. The van der Waals surface area contributed by atoms with Crippen molar-refractivity contribution in [1.29, 1.82) is 0 Å². The first-order valence-electron chi connectivity index (χ1n) is 12.7. The number of benzene rings is 2. The fourth-order valence-electron chi connectivity index (χ4n) is 4.69. The molecule has 2 aromatic heterocycles. The highest BCUT2D eigenvalue weighted by molar-refractivity contribution is 9.10. The molecule has 1 amide bonds. The maximum absolute atomic E-state index is 13.3. The standard InChI is InChI=1S/C29H29BrN4O4S/c1-17-9-10-21-24(11-17)39-28-25(21)29(36)34(16-31-28)18(2)27(35)33-32-14-20-12-22(30)26(23(13-20)37-3)38-15-19-7-5-4-6-8-19/h4-8,12-14,16-18H,9-11,15H2,1-3H3,(H,33,35)/b32-14-/t17-,18+/m0/s1. The van der Waals surface area contributed by atoms with Gasteiger partial charge in [-0.05, 0) is 76.9 Å². The number of aromatic nitrogens is 2. The Balaban J connectivity index is 1.28. The van der Waals surface area contributed by atoms with Gasteiger partial charge in [-0.3, -0.25) is 14.2 Å². The molecule has 0 saturated carbocycles. The summed E-state index contributed by atoms with van der Waals surface area (Å²) in [4.78, 5) is 32.7. The molecule has 1 aliphatic rings. The average Bonchev–Trinajstić information content (AvgIpc) is 3.30. The van der Waals surface area contributed by atoms with Crippen LogP contribution in [0, 0.1) is 5.92 Å². The Hall–Kier alpha value is -3.50. The van der Waals surface area contributed by atoms with E-state index in [1.165, 1.54) is 22.0 Å². The van der Waals surface area contributed by atoms with Gasteiger partial charge in [0.2, 0.25) is 0 Å². The second-order valence-corrected chi connectivity index (χ2v) is 11.6. The number of amides is 1. The maximum Gasteiger partial charge on any atom is 0.263 e. The monoisotopic (exact) mass is 608 g/mol. The minimum atomic E-state index is -0.778. The largest absolute Gasteiger partial charge is 0.493 e. The summed E-state index contributed by atoms with van der Waals surface area (Å²) in [6, 6.07) is 12.7. The van der Waals surface area contributed by atoms with Gasteiger partial charge in [-0.25, -0.2) is 10.4 Å². The van der Waals surface area contributed by atoms with Gasteiger partial charge in [0.1, 0.15) is 17.5 Å². The quantitative estimate of drug-likeness (QED) is 0.206. The number of ether oxygens (including phenoxy) is 2. The summed E-state index contributed by atoms with van der Waals surface area (Å²) in [5.74, 6) is 1.29. The van der Waals surface area contributed by atoms with Gasteiger partial charge >= 0.3 is 0 Å². The summed E-state index contributed by atoms with van der Waals surface area (Å²) >= 11 is 5.14. The highest BCUT2D eigenvalue weighted by atomic mass is 79.9. The molecule has 0 radical (unpaired) electrons. The number of nitrogens with one attached hydrogen (secondary N) is 1. The van der Waals surface area contributed by atoms with E-state index < -0.39 is 11.9 Å². The van der Waals surface area contributed by atoms with E-state index >= 15 is 0 Å². The van der Waals surface area contributed by atoms with Gasteiger partial charge in [0.05, 0.1) is 29.5 Å². The molecule has 202 valence electrons. The van der Waals surface area contributed by atoms with Gasteiger partial charge in [-0.1, -0.05) is 37.3 Å². The van der Waals surface area contributed by atoms with Gasteiger partial charge in [-0.15, -0.1) is 11.3 Å². The van der Waals surface area contributed by atoms with E-state index in [2.05, 4.69) is 38.4 Å². The zero-order valence-corrected chi connectivity index (χ0v) is 24.3. The summed E-state index contributed by atoms with van der Waals surface area (Å²) in [5.41, 5.74) is 5.19. The number of carbonyl (C=O) groups excluding carboxylic acids is 1. The second-order valence-electron chi connectivity index (χ2n) is 9.71. The Morgan fingerprint density at radius 2 is 2.13 bits per heavy atom. The number of hydrogen-bond acceptors (Lipinski definition) is 7. The van der Waals surface area contributed by atoms with Crippen LogP contribution in [0.1, 0.15) is 47.9 Å². The van der Waals surface area contributed by atoms with Crippen LogP contribution in [-0.4, -0.2) is 28.8 Å². The van der Waals surface area contributed by atoms with Crippen molar-refractivity contribution in [2.45, 2.75) is 45.8 Å². The molecule has 39 heavy (non-hydrogen) atoms. The highest BCUT2D eigenvalue weighted by Crippen LogP contribution is 2.37. The molecule has 10 heteroatoms. The lowest BCUT2D eigenvalue weighted by atomic mass is 9.89. The number of aryl methyl sites for hydroxylation is 1. The molecule has 5 rings (SSSR count). The van der Waals surface area contributed by atoms with Crippen LogP contribution in [0.2, 0.25) is 0 Å². The highest BCUT2D eigenvalue weighted by Gasteiger charge is 2.25. The van der Waals surface area contributed by atoms with Crippen molar-refractivity contribution >= 4 is 49.6 Å². The van der Waals surface area contributed by atoms with Crippen LogP contribution in [0.15, 0.2) is 63.2 Å². The van der Waals surface area contributed by atoms with E-state index in [0.717, 1.165) is 35.2 Å². The number of nitrogens with zero attached hydrogens (tertiary/aromatic N) is 3. The first kappa shape index (κ1) is 27.1. The summed E-state index contributed by atoms with van der Waals surface area (Å²) in [5, 5.41) is 4.76. The van der Waals surface area contributed by atoms with Crippen LogP contribution in [0.3, 0.4) is 0 Å². The van der Waals surface area contributed by atoms with E-state index in [1.54, 1.807) is 31.4 Å². The zero-order chi connectivity index (χ0) is 27.5. The molecule has 4 aromatic rings. The maximum atomic E-state index is 13.3. The molecule has 2 heterocycles. The van der Waals surface area contributed by atoms with Crippen LogP contribution in [0.25, 0.3) is 10.2 Å². The van der Waals surface area contributed by atoms with Crippen molar-refractivity contribution in [3.8, 4) is 11.5 Å². The minimum Gasteiger partial charge on any atom is -0.493 e. The molecule has 0 saturated heterocycles. The third kappa shape index (κ3) is 5.77. The third-order valence-electron chi connectivity index (χ3n) is 6.90. The van der Waals surface area contributed by atoms with Crippen LogP contribution >= 0.6 is 27.3 Å². The van der Waals surface area contributed by atoms with E-state index in [0.29, 0.717) is 39.4 Å². The summed E-state index contributed by atoms with van der Waals surface area (Å²) in [6.07, 6.45) is 5.87. The number of hydrogen-bond donors (Lipinski definition) is 1. The number of methoxy groups -OCH3 is 1. The fourth-order valence-corrected chi connectivity index (χ4v) is 6.61.